The Morgan fingerprint density at radius 2 is 1.68 bits per heavy atom. The first-order valence-corrected chi connectivity index (χ1v) is 10.5. The van der Waals surface area contributed by atoms with Crippen molar-refractivity contribution in [3.05, 3.63) is 100 Å². The van der Waals surface area contributed by atoms with E-state index in [4.69, 9.17) is 0 Å². The largest absolute Gasteiger partial charge is 0.325 e. The van der Waals surface area contributed by atoms with Gasteiger partial charge in [0.05, 0.1) is 16.4 Å². The molecule has 3 aromatic carbocycles. The summed E-state index contributed by atoms with van der Waals surface area (Å²) in [7, 11) is -4.05. The fraction of sp³-hybridized carbons (Fsp3) is 0.0952. The molecule has 0 unspecified atom stereocenters. The Kier molecular flexibility index (Phi) is 6.73. The monoisotopic (exact) mass is 443 g/mol. The normalized spacial score (nSPS) is 11.3. The molecule has 0 atom stereocenters. The quantitative estimate of drug-likeness (QED) is 0.423. The Morgan fingerprint density at radius 3 is 2.32 bits per heavy atom. The minimum Gasteiger partial charge on any atom is -0.325 e. The number of amides is 1. The Labute approximate surface area is 178 Å². The number of anilines is 1. The van der Waals surface area contributed by atoms with Gasteiger partial charge in [0, 0.05) is 24.4 Å². The lowest BCUT2D eigenvalue weighted by atomic mass is 10.2. The molecule has 0 saturated heterocycles. The van der Waals surface area contributed by atoms with E-state index in [0.29, 0.717) is 5.56 Å². The molecule has 0 saturated carbocycles. The molecule has 0 aliphatic rings. The van der Waals surface area contributed by atoms with Gasteiger partial charge in [0.15, 0.2) is 0 Å². The van der Waals surface area contributed by atoms with Crippen molar-refractivity contribution in [2.75, 3.05) is 11.9 Å². The number of nitrogens with one attached hydrogen (secondary N) is 1. The first-order chi connectivity index (χ1) is 14.8. The van der Waals surface area contributed by atoms with Crippen LogP contribution in [0.4, 0.5) is 15.8 Å². The van der Waals surface area contributed by atoms with Gasteiger partial charge in [0.1, 0.15) is 5.82 Å². The van der Waals surface area contributed by atoms with Gasteiger partial charge >= 0.3 is 0 Å². The first-order valence-electron chi connectivity index (χ1n) is 9.09. The summed E-state index contributed by atoms with van der Waals surface area (Å²) in [5, 5.41) is 13.4. The van der Waals surface area contributed by atoms with E-state index in [1.54, 1.807) is 18.2 Å². The highest BCUT2D eigenvalue weighted by atomic mass is 32.2. The molecule has 10 heteroatoms. The van der Waals surface area contributed by atoms with Crippen molar-refractivity contribution >= 4 is 27.3 Å². The summed E-state index contributed by atoms with van der Waals surface area (Å²) in [6.45, 7) is -0.711. The van der Waals surface area contributed by atoms with Crippen molar-refractivity contribution in [3.63, 3.8) is 0 Å². The van der Waals surface area contributed by atoms with Crippen LogP contribution in [0.3, 0.4) is 0 Å². The maximum atomic E-state index is 13.2. The van der Waals surface area contributed by atoms with E-state index in [9.17, 15) is 27.7 Å². The van der Waals surface area contributed by atoms with E-state index in [1.165, 1.54) is 60.7 Å². The molecular weight excluding hydrogens is 425 g/mol. The van der Waals surface area contributed by atoms with Gasteiger partial charge in [0.2, 0.25) is 15.9 Å². The van der Waals surface area contributed by atoms with Crippen LogP contribution in [0, 0.1) is 15.9 Å². The zero-order chi connectivity index (χ0) is 22.4. The molecular formula is C21H18FN3O5S. The van der Waals surface area contributed by atoms with Gasteiger partial charge in [-0.05, 0) is 35.9 Å². The summed E-state index contributed by atoms with van der Waals surface area (Å²) in [4.78, 5) is 22.9. The second-order valence-electron chi connectivity index (χ2n) is 6.57. The molecule has 0 aromatic heterocycles. The van der Waals surface area contributed by atoms with E-state index >= 15 is 0 Å². The Bertz CT molecular complexity index is 1190. The fourth-order valence-electron chi connectivity index (χ4n) is 2.82. The minimum absolute atomic E-state index is 0.000241. The van der Waals surface area contributed by atoms with Crippen molar-refractivity contribution in [1.82, 2.24) is 4.31 Å². The lowest BCUT2D eigenvalue weighted by Gasteiger charge is -2.22. The predicted molar refractivity (Wildman–Crippen MR) is 112 cm³/mol. The lowest BCUT2D eigenvalue weighted by Crippen LogP contribution is -2.37. The first kappa shape index (κ1) is 22.1. The molecule has 160 valence electrons. The molecule has 0 fully saturated rings. The van der Waals surface area contributed by atoms with E-state index in [0.717, 1.165) is 4.31 Å². The fourth-order valence-corrected chi connectivity index (χ4v) is 4.22. The van der Waals surface area contributed by atoms with Crippen molar-refractivity contribution in [2.24, 2.45) is 0 Å². The number of hydrogen-bond acceptors (Lipinski definition) is 5. The number of hydrogen-bond donors (Lipinski definition) is 1. The Morgan fingerprint density at radius 1 is 1.00 bits per heavy atom. The van der Waals surface area contributed by atoms with Gasteiger partial charge in [0.25, 0.3) is 5.69 Å². The summed E-state index contributed by atoms with van der Waals surface area (Å²) in [5.74, 6) is -1.15. The molecule has 8 nitrogen and oxygen atoms in total. The Hall–Kier alpha value is -3.63. The van der Waals surface area contributed by atoms with Crippen LogP contribution >= 0.6 is 0 Å². The number of sulfonamides is 1. The van der Waals surface area contributed by atoms with Gasteiger partial charge in [-0.25, -0.2) is 12.8 Å². The molecule has 0 radical (unpaired) electrons. The summed E-state index contributed by atoms with van der Waals surface area (Å²) < 4.78 is 40.4. The van der Waals surface area contributed by atoms with Crippen LogP contribution in [0.1, 0.15) is 5.56 Å². The maximum Gasteiger partial charge on any atom is 0.271 e. The smallest absolute Gasteiger partial charge is 0.271 e. The average molecular weight is 443 g/mol. The van der Waals surface area contributed by atoms with Crippen molar-refractivity contribution in [2.45, 2.75) is 11.4 Å². The molecule has 0 aliphatic heterocycles. The number of halogens is 1. The van der Waals surface area contributed by atoms with Crippen LogP contribution in [0.2, 0.25) is 0 Å². The van der Waals surface area contributed by atoms with Crippen molar-refractivity contribution < 1.29 is 22.5 Å². The highest BCUT2D eigenvalue weighted by Gasteiger charge is 2.27. The summed E-state index contributed by atoms with van der Waals surface area (Å²) >= 11 is 0. The lowest BCUT2D eigenvalue weighted by molar-refractivity contribution is -0.384. The molecule has 0 heterocycles. The Balaban J connectivity index is 1.85. The topological polar surface area (TPSA) is 110 Å². The van der Waals surface area contributed by atoms with E-state index < -0.39 is 33.2 Å². The highest BCUT2D eigenvalue weighted by Crippen LogP contribution is 2.20. The number of nitro benzene ring substituents is 1. The number of carbonyl (C=O) groups excluding carboxylic acids is 1. The second-order valence-corrected chi connectivity index (χ2v) is 8.51. The second kappa shape index (κ2) is 9.45. The van der Waals surface area contributed by atoms with Gasteiger partial charge in [-0.2, -0.15) is 4.31 Å². The van der Waals surface area contributed by atoms with Crippen LogP contribution < -0.4 is 5.32 Å². The zero-order valence-electron chi connectivity index (χ0n) is 16.1. The SMILES string of the molecule is O=C(CN(Cc1ccc(F)cc1)S(=O)(=O)c1ccccc1)Nc1cccc([N+](=O)[O-])c1. The number of nitro groups is 1. The average Bonchev–Trinajstić information content (AvgIpc) is 2.75. The van der Waals surface area contributed by atoms with Crippen LogP contribution in [0.25, 0.3) is 0 Å². The molecule has 31 heavy (non-hydrogen) atoms. The third-order valence-electron chi connectivity index (χ3n) is 4.31. The van der Waals surface area contributed by atoms with Crippen LogP contribution in [-0.4, -0.2) is 30.1 Å². The molecule has 0 spiro atoms. The summed E-state index contributed by atoms with van der Waals surface area (Å²) in [6, 6.07) is 18.2. The molecule has 0 bridgehead atoms. The highest BCUT2D eigenvalue weighted by molar-refractivity contribution is 7.89. The van der Waals surface area contributed by atoms with Gasteiger partial charge in [-0.3, -0.25) is 14.9 Å². The van der Waals surface area contributed by atoms with Crippen LogP contribution in [0.5, 0.6) is 0 Å². The van der Waals surface area contributed by atoms with Crippen molar-refractivity contribution in [3.8, 4) is 0 Å². The standard InChI is InChI=1S/C21H18FN3O5S/c22-17-11-9-16(10-12-17)14-24(31(29,30)20-7-2-1-3-8-20)15-21(26)23-18-5-4-6-19(13-18)25(27)28/h1-13H,14-15H2,(H,23,26). The number of carbonyl (C=O) groups is 1. The van der Waals surface area contributed by atoms with Gasteiger partial charge in [-0.15, -0.1) is 0 Å². The van der Waals surface area contributed by atoms with Gasteiger partial charge < -0.3 is 5.32 Å². The third-order valence-corrected chi connectivity index (χ3v) is 6.12. The van der Waals surface area contributed by atoms with Crippen molar-refractivity contribution in [1.29, 1.82) is 0 Å². The molecule has 3 aromatic rings. The maximum absolute atomic E-state index is 13.2. The van der Waals surface area contributed by atoms with Crippen LogP contribution in [-0.2, 0) is 21.4 Å². The van der Waals surface area contributed by atoms with E-state index in [1.807, 2.05) is 0 Å². The van der Waals surface area contributed by atoms with Crippen LogP contribution in [0.15, 0.2) is 83.8 Å². The molecule has 1 amide bonds. The van der Waals surface area contributed by atoms with E-state index in [2.05, 4.69) is 5.32 Å². The van der Waals surface area contributed by atoms with E-state index in [-0.39, 0.29) is 22.8 Å². The summed E-state index contributed by atoms with van der Waals surface area (Å²) in [5.41, 5.74) is 0.444. The number of nitrogens with zero attached hydrogens (tertiary/aromatic N) is 2. The minimum atomic E-state index is -4.05. The predicted octanol–water partition coefficient (Wildman–Crippen LogP) is 3.56. The van der Waals surface area contributed by atoms with Gasteiger partial charge in [-0.1, -0.05) is 36.4 Å². The number of non-ortho nitro benzene ring substituents is 1. The number of rotatable bonds is 8. The number of benzene rings is 3. The summed E-state index contributed by atoms with van der Waals surface area (Å²) in [6.07, 6.45) is 0. The zero-order valence-corrected chi connectivity index (χ0v) is 17.0. The molecule has 3 rings (SSSR count). The third kappa shape index (κ3) is 5.71. The molecule has 1 N–H and O–H groups in total. The molecule has 0 aliphatic carbocycles.